The van der Waals surface area contributed by atoms with Gasteiger partial charge in [0.05, 0.1) is 23.2 Å². The molecular formula is C18H23N5O3S. The van der Waals surface area contributed by atoms with Gasteiger partial charge in [0.2, 0.25) is 0 Å². The lowest BCUT2D eigenvalue weighted by Crippen LogP contribution is -2.60. The van der Waals surface area contributed by atoms with E-state index in [0.717, 1.165) is 16.8 Å². The van der Waals surface area contributed by atoms with Gasteiger partial charge in [-0.3, -0.25) is 10.00 Å². The summed E-state index contributed by atoms with van der Waals surface area (Å²) < 4.78 is 25.6. The van der Waals surface area contributed by atoms with Crippen LogP contribution in [0.3, 0.4) is 0 Å². The summed E-state index contributed by atoms with van der Waals surface area (Å²) in [5.74, 6) is 0.719. The van der Waals surface area contributed by atoms with E-state index in [-0.39, 0.29) is 29.6 Å². The summed E-state index contributed by atoms with van der Waals surface area (Å²) in [4.78, 5) is 14.6. The fraction of sp³-hybridized carbons (Fsp3) is 0.444. The molecule has 1 aromatic carbocycles. The van der Waals surface area contributed by atoms with E-state index in [0.29, 0.717) is 18.9 Å². The van der Waals surface area contributed by atoms with Crippen LogP contribution in [0.25, 0.3) is 11.3 Å². The van der Waals surface area contributed by atoms with Gasteiger partial charge in [-0.25, -0.2) is 13.2 Å². The third-order valence-corrected chi connectivity index (χ3v) is 7.02. The second-order valence-corrected chi connectivity index (χ2v) is 9.29. The lowest BCUT2D eigenvalue weighted by molar-refractivity contribution is 0.163. The van der Waals surface area contributed by atoms with Crippen molar-refractivity contribution in [1.82, 2.24) is 20.0 Å². The van der Waals surface area contributed by atoms with Crippen LogP contribution < -0.4 is 10.6 Å². The van der Waals surface area contributed by atoms with Crippen LogP contribution in [0.2, 0.25) is 0 Å². The van der Waals surface area contributed by atoms with Gasteiger partial charge in [0, 0.05) is 37.3 Å². The molecule has 2 aromatic rings. The molecule has 0 bridgehead atoms. The van der Waals surface area contributed by atoms with E-state index in [9.17, 15) is 13.2 Å². The first-order valence-electron chi connectivity index (χ1n) is 8.96. The molecule has 2 aliphatic rings. The molecule has 9 heteroatoms. The van der Waals surface area contributed by atoms with Crippen LogP contribution in [0, 0.1) is 6.92 Å². The van der Waals surface area contributed by atoms with Crippen molar-refractivity contribution < 1.29 is 13.2 Å². The van der Waals surface area contributed by atoms with Crippen LogP contribution in [0.15, 0.2) is 30.3 Å². The molecule has 2 fully saturated rings. The van der Waals surface area contributed by atoms with Crippen LogP contribution in [0.4, 0.5) is 10.6 Å². The number of anilines is 1. The van der Waals surface area contributed by atoms with Crippen LogP contribution in [-0.2, 0) is 16.9 Å². The second-order valence-electron chi connectivity index (χ2n) is 7.14. The first kappa shape index (κ1) is 18.0. The summed E-state index contributed by atoms with van der Waals surface area (Å²) in [6.45, 7) is 2.99. The van der Waals surface area contributed by atoms with Gasteiger partial charge in [0.15, 0.2) is 9.84 Å². The monoisotopic (exact) mass is 389 g/mol. The fourth-order valence-electron chi connectivity index (χ4n) is 3.97. The zero-order valence-electron chi connectivity index (χ0n) is 15.3. The van der Waals surface area contributed by atoms with E-state index in [1.165, 1.54) is 0 Å². The molecule has 4 rings (SSSR count). The minimum absolute atomic E-state index is 0.0116. The third kappa shape index (κ3) is 3.32. The van der Waals surface area contributed by atoms with Gasteiger partial charge >= 0.3 is 6.03 Å². The average molecular weight is 389 g/mol. The number of aryl methyl sites for hydroxylation is 1. The Morgan fingerprint density at radius 2 is 2.00 bits per heavy atom. The Bertz CT molecular complexity index is 970. The number of hydrogen-bond acceptors (Lipinski definition) is 5. The molecule has 0 aliphatic carbocycles. The van der Waals surface area contributed by atoms with Crippen molar-refractivity contribution in [2.24, 2.45) is 7.05 Å². The summed E-state index contributed by atoms with van der Waals surface area (Å²) in [5.41, 5.74) is 2.67. The average Bonchev–Trinajstić information content (AvgIpc) is 3.11. The molecule has 2 saturated heterocycles. The number of nitrogens with zero attached hydrogens (tertiary/aromatic N) is 3. The first-order valence-corrected chi connectivity index (χ1v) is 10.8. The zero-order valence-corrected chi connectivity index (χ0v) is 16.2. The van der Waals surface area contributed by atoms with Crippen LogP contribution in [0.5, 0.6) is 0 Å². The number of carbonyl (C=O) groups excluding carboxylic acids is 1. The van der Waals surface area contributed by atoms with Crippen LogP contribution in [0.1, 0.15) is 5.56 Å². The maximum atomic E-state index is 12.9. The van der Waals surface area contributed by atoms with Crippen molar-refractivity contribution in [3.8, 4) is 11.3 Å². The van der Waals surface area contributed by atoms with Crippen molar-refractivity contribution in [2.75, 3.05) is 29.9 Å². The number of aromatic nitrogens is 2. The van der Waals surface area contributed by atoms with Crippen molar-refractivity contribution >= 4 is 21.7 Å². The number of fused-ring (bicyclic) bond motifs is 1. The van der Waals surface area contributed by atoms with Crippen molar-refractivity contribution in [2.45, 2.75) is 19.0 Å². The molecule has 8 nitrogen and oxygen atoms in total. The Morgan fingerprint density at radius 1 is 1.26 bits per heavy atom. The van der Waals surface area contributed by atoms with Crippen molar-refractivity contribution in [1.29, 1.82) is 0 Å². The molecule has 3 heterocycles. The minimum atomic E-state index is -3.12. The number of carbonyl (C=O) groups is 1. The number of rotatable bonds is 2. The molecule has 0 spiro atoms. The topological polar surface area (TPSA) is 96.3 Å². The van der Waals surface area contributed by atoms with E-state index < -0.39 is 9.84 Å². The lowest BCUT2D eigenvalue weighted by Gasteiger charge is -2.37. The maximum Gasteiger partial charge on any atom is 0.323 e. The highest BCUT2D eigenvalue weighted by Gasteiger charge is 2.44. The Morgan fingerprint density at radius 3 is 2.74 bits per heavy atom. The molecule has 2 amide bonds. The number of sulfone groups is 1. The highest BCUT2D eigenvalue weighted by molar-refractivity contribution is 7.91. The van der Waals surface area contributed by atoms with E-state index in [4.69, 9.17) is 0 Å². The quantitative estimate of drug-likeness (QED) is 0.799. The smallest absolute Gasteiger partial charge is 0.318 e. The molecule has 2 atom stereocenters. The Hall–Kier alpha value is -2.39. The summed E-state index contributed by atoms with van der Waals surface area (Å²) in [6, 6.07) is 8.99. The summed E-state index contributed by atoms with van der Waals surface area (Å²) in [7, 11) is -1.33. The van der Waals surface area contributed by atoms with Gasteiger partial charge in [-0.05, 0) is 6.92 Å². The summed E-state index contributed by atoms with van der Waals surface area (Å²) in [5, 5.41) is 10.7. The molecule has 2 aliphatic heterocycles. The number of urea groups is 1. The zero-order chi connectivity index (χ0) is 19.2. The van der Waals surface area contributed by atoms with Crippen LogP contribution in [-0.4, -0.2) is 65.8 Å². The standard InChI is InChI=1S/C18H23N5O3S/c1-12-16(13-6-4-3-5-7-13)21-22(2)17(12)20-18(24)23-9-8-19-14-10-27(25,26)11-15(14)23/h3-7,14-15,19H,8-11H2,1-2H3,(H,20,24)/t14-,15+/m1/s1. The van der Waals surface area contributed by atoms with Gasteiger partial charge < -0.3 is 10.2 Å². The first-order chi connectivity index (χ1) is 12.9. The Balaban J connectivity index is 1.58. The van der Waals surface area contributed by atoms with Gasteiger partial charge in [-0.1, -0.05) is 30.3 Å². The number of nitrogens with one attached hydrogen (secondary N) is 2. The van der Waals surface area contributed by atoms with E-state index >= 15 is 0 Å². The molecule has 27 heavy (non-hydrogen) atoms. The minimum Gasteiger partial charge on any atom is -0.318 e. The number of piperazine rings is 1. The molecular weight excluding hydrogens is 366 g/mol. The van der Waals surface area contributed by atoms with E-state index in [1.807, 2.05) is 37.3 Å². The van der Waals surface area contributed by atoms with E-state index in [2.05, 4.69) is 15.7 Å². The highest BCUT2D eigenvalue weighted by Crippen LogP contribution is 2.28. The molecule has 144 valence electrons. The molecule has 0 radical (unpaired) electrons. The molecule has 0 unspecified atom stereocenters. The Labute approximate surface area is 158 Å². The van der Waals surface area contributed by atoms with Crippen LogP contribution >= 0.6 is 0 Å². The van der Waals surface area contributed by atoms with Crippen molar-refractivity contribution in [3.63, 3.8) is 0 Å². The summed E-state index contributed by atoms with van der Waals surface area (Å²) >= 11 is 0. The number of benzene rings is 1. The van der Waals surface area contributed by atoms with Crippen molar-refractivity contribution in [3.05, 3.63) is 35.9 Å². The predicted molar refractivity (Wildman–Crippen MR) is 103 cm³/mol. The number of hydrogen-bond donors (Lipinski definition) is 2. The largest absolute Gasteiger partial charge is 0.323 e. The molecule has 0 saturated carbocycles. The van der Waals surface area contributed by atoms with Gasteiger partial charge in [0.25, 0.3) is 0 Å². The van der Waals surface area contributed by atoms with E-state index in [1.54, 1.807) is 16.6 Å². The third-order valence-electron chi connectivity index (χ3n) is 5.30. The normalized spacial score (nSPS) is 23.9. The maximum absolute atomic E-state index is 12.9. The Kier molecular flexibility index (Phi) is 4.43. The molecule has 1 aromatic heterocycles. The number of amides is 2. The highest BCUT2D eigenvalue weighted by atomic mass is 32.2. The van der Waals surface area contributed by atoms with Gasteiger partial charge in [0.1, 0.15) is 5.82 Å². The van der Waals surface area contributed by atoms with Gasteiger partial charge in [-0.2, -0.15) is 5.10 Å². The van der Waals surface area contributed by atoms with Gasteiger partial charge in [-0.15, -0.1) is 0 Å². The second kappa shape index (κ2) is 6.65. The lowest BCUT2D eigenvalue weighted by atomic mass is 10.1. The summed E-state index contributed by atoms with van der Waals surface area (Å²) in [6.07, 6.45) is 0. The SMILES string of the molecule is Cc1c(-c2ccccc2)nn(C)c1NC(=O)N1CCN[C@@H]2CS(=O)(=O)C[C@@H]21. The molecule has 2 N–H and O–H groups in total. The predicted octanol–water partition coefficient (Wildman–Crippen LogP) is 0.998. The fourth-order valence-corrected chi connectivity index (χ4v) is 5.92.